The van der Waals surface area contributed by atoms with E-state index in [1.165, 1.54) is 0 Å². The number of hydrogen-bond donors (Lipinski definition) is 1. The second-order valence-corrected chi connectivity index (χ2v) is 9.93. The maximum Gasteiger partial charge on any atom is 0.240 e. The van der Waals surface area contributed by atoms with Crippen LogP contribution in [0.2, 0.25) is 0 Å². The molecule has 1 aromatic rings. The van der Waals surface area contributed by atoms with E-state index in [1.54, 1.807) is 12.1 Å². The lowest BCUT2D eigenvalue weighted by atomic mass is 9.87. The Bertz CT molecular complexity index is 674. The van der Waals surface area contributed by atoms with Crippen LogP contribution in [0.15, 0.2) is 29.2 Å². The highest BCUT2D eigenvalue weighted by molar-refractivity contribution is 7.89. The van der Waals surface area contributed by atoms with Gasteiger partial charge < -0.3 is 4.74 Å². The maximum absolute atomic E-state index is 12.7. The molecule has 140 valence electrons. The van der Waals surface area contributed by atoms with Gasteiger partial charge in [-0.25, -0.2) is 13.1 Å². The molecule has 1 N–H and O–H groups in total. The molecule has 0 bridgehead atoms. The van der Waals surface area contributed by atoms with E-state index in [0.717, 1.165) is 51.1 Å². The van der Waals surface area contributed by atoms with Crippen LogP contribution in [0.4, 0.5) is 0 Å². The highest BCUT2D eigenvalue weighted by Crippen LogP contribution is 2.24. The number of hydrogen-bond acceptors (Lipinski definition) is 4. The third kappa shape index (κ3) is 4.61. The molecule has 0 saturated carbocycles. The molecule has 0 radical (unpaired) electrons. The molecule has 0 amide bonds. The van der Waals surface area contributed by atoms with Gasteiger partial charge in [-0.1, -0.05) is 32.9 Å². The van der Waals surface area contributed by atoms with Gasteiger partial charge in [-0.15, -0.1) is 0 Å². The molecule has 1 aromatic carbocycles. The van der Waals surface area contributed by atoms with E-state index in [2.05, 4.69) is 30.4 Å². The van der Waals surface area contributed by atoms with E-state index in [-0.39, 0.29) is 11.5 Å². The standard InChI is InChI=1S/C19H30N2O3S/c1-19(2,3)15-4-6-18(7-5-15)25(22,23)20-16-8-11-21(14-16)17-9-12-24-13-10-17/h4-7,16-17,20H,8-14H2,1-3H3. The van der Waals surface area contributed by atoms with Crippen LogP contribution in [0.5, 0.6) is 0 Å². The summed E-state index contributed by atoms with van der Waals surface area (Å²) < 4.78 is 33.7. The number of sulfonamides is 1. The van der Waals surface area contributed by atoms with Crippen molar-refractivity contribution < 1.29 is 13.2 Å². The molecule has 2 aliphatic heterocycles. The van der Waals surface area contributed by atoms with Crippen LogP contribution in [0.1, 0.15) is 45.6 Å². The highest BCUT2D eigenvalue weighted by Gasteiger charge is 2.31. The molecule has 2 saturated heterocycles. The summed E-state index contributed by atoms with van der Waals surface area (Å²) in [4.78, 5) is 2.77. The van der Waals surface area contributed by atoms with Crippen LogP contribution in [0, 0.1) is 0 Å². The number of nitrogens with one attached hydrogen (secondary N) is 1. The topological polar surface area (TPSA) is 58.6 Å². The number of rotatable bonds is 4. The second kappa shape index (κ2) is 7.35. The fourth-order valence-electron chi connectivity index (χ4n) is 3.69. The third-order valence-corrected chi connectivity index (χ3v) is 6.82. The molecule has 0 spiro atoms. The molecule has 1 atom stereocenters. The van der Waals surface area contributed by atoms with E-state index in [4.69, 9.17) is 4.74 Å². The van der Waals surface area contributed by atoms with Crippen LogP contribution in [-0.2, 0) is 20.2 Å². The van der Waals surface area contributed by atoms with Gasteiger partial charge in [-0.2, -0.15) is 0 Å². The summed E-state index contributed by atoms with van der Waals surface area (Å²) in [6, 6.07) is 7.79. The van der Waals surface area contributed by atoms with Crippen molar-refractivity contribution in [2.45, 2.75) is 62.4 Å². The Hall–Kier alpha value is -0.950. The van der Waals surface area contributed by atoms with Crippen molar-refractivity contribution in [3.05, 3.63) is 29.8 Å². The molecule has 5 nitrogen and oxygen atoms in total. The number of likely N-dealkylation sites (tertiary alicyclic amines) is 1. The SMILES string of the molecule is CC(C)(C)c1ccc(S(=O)(=O)NC2CCN(C3CCOCC3)C2)cc1. The van der Waals surface area contributed by atoms with Crippen LogP contribution in [-0.4, -0.2) is 51.7 Å². The highest BCUT2D eigenvalue weighted by atomic mass is 32.2. The fourth-order valence-corrected chi connectivity index (χ4v) is 4.95. The quantitative estimate of drug-likeness (QED) is 0.890. The van der Waals surface area contributed by atoms with Crippen LogP contribution in [0.25, 0.3) is 0 Å². The minimum atomic E-state index is -3.46. The monoisotopic (exact) mass is 366 g/mol. The third-order valence-electron chi connectivity index (χ3n) is 5.28. The van der Waals surface area contributed by atoms with E-state index in [0.29, 0.717) is 10.9 Å². The minimum Gasteiger partial charge on any atom is -0.381 e. The van der Waals surface area contributed by atoms with Crippen molar-refractivity contribution in [3.63, 3.8) is 0 Å². The summed E-state index contributed by atoms with van der Waals surface area (Å²) in [6.07, 6.45) is 2.97. The average molecular weight is 367 g/mol. The lowest BCUT2D eigenvalue weighted by Crippen LogP contribution is -2.41. The lowest BCUT2D eigenvalue weighted by Gasteiger charge is -2.31. The van der Waals surface area contributed by atoms with Gasteiger partial charge in [0.15, 0.2) is 0 Å². The van der Waals surface area contributed by atoms with Crippen molar-refractivity contribution in [2.24, 2.45) is 0 Å². The van der Waals surface area contributed by atoms with E-state index >= 15 is 0 Å². The molecule has 0 aliphatic carbocycles. The first kappa shape index (κ1) is 18.8. The maximum atomic E-state index is 12.7. The zero-order valence-electron chi connectivity index (χ0n) is 15.5. The molecule has 25 heavy (non-hydrogen) atoms. The van der Waals surface area contributed by atoms with Gasteiger partial charge in [0, 0.05) is 38.4 Å². The van der Waals surface area contributed by atoms with Gasteiger partial charge >= 0.3 is 0 Å². The lowest BCUT2D eigenvalue weighted by molar-refractivity contribution is 0.0418. The van der Waals surface area contributed by atoms with Gasteiger partial charge in [0.1, 0.15) is 0 Å². The van der Waals surface area contributed by atoms with E-state index in [1.807, 2.05) is 12.1 Å². The van der Waals surface area contributed by atoms with E-state index in [9.17, 15) is 8.42 Å². The second-order valence-electron chi connectivity index (χ2n) is 8.22. The predicted molar refractivity (Wildman–Crippen MR) is 99.3 cm³/mol. The molecule has 1 unspecified atom stereocenters. The smallest absolute Gasteiger partial charge is 0.240 e. The molecule has 3 rings (SSSR count). The number of nitrogens with zero attached hydrogens (tertiary/aromatic N) is 1. The van der Waals surface area contributed by atoms with Crippen LogP contribution >= 0.6 is 0 Å². The van der Waals surface area contributed by atoms with Gasteiger partial charge in [0.05, 0.1) is 4.90 Å². The van der Waals surface area contributed by atoms with Crippen molar-refractivity contribution in [2.75, 3.05) is 26.3 Å². The van der Waals surface area contributed by atoms with Gasteiger partial charge in [0.2, 0.25) is 10.0 Å². The summed E-state index contributed by atoms with van der Waals surface area (Å²) >= 11 is 0. The summed E-state index contributed by atoms with van der Waals surface area (Å²) in [5.74, 6) is 0. The van der Waals surface area contributed by atoms with Crippen molar-refractivity contribution in [3.8, 4) is 0 Å². The average Bonchev–Trinajstić information content (AvgIpc) is 3.03. The number of ether oxygens (including phenoxy) is 1. The van der Waals surface area contributed by atoms with Gasteiger partial charge in [-0.05, 0) is 42.4 Å². The van der Waals surface area contributed by atoms with Crippen molar-refractivity contribution in [1.29, 1.82) is 0 Å². The molecule has 2 heterocycles. The molecular weight excluding hydrogens is 336 g/mol. The Morgan fingerprint density at radius 2 is 1.72 bits per heavy atom. The predicted octanol–water partition coefficient (Wildman–Crippen LogP) is 2.52. The van der Waals surface area contributed by atoms with Crippen LogP contribution < -0.4 is 4.72 Å². The first-order chi connectivity index (χ1) is 11.8. The largest absolute Gasteiger partial charge is 0.381 e. The zero-order chi connectivity index (χ0) is 18.1. The molecule has 6 heteroatoms. The normalized spacial score (nSPS) is 23.9. The Morgan fingerprint density at radius 3 is 2.32 bits per heavy atom. The Kier molecular flexibility index (Phi) is 5.54. The summed E-state index contributed by atoms with van der Waals surface area (Å²) in [5, 5.41) is 0. The van der Waals surface area contributed by atoms with Gasteiger partial charge in [0.25, 0.3) is 0 Å². The first-order valence-corrected chi connectivity index (χ1v) is 10.7. The Morgan fingerprint density at radius 1 is 1.08 bits per heavy atom. The van der Waals surface area contributed by atoms with Crippen molar-refractivity contribution in [1.82, 2.24) is 9.62 Å². The Balaban J connectivity index is 1.62. The molecule has 0 aromatic heterocycles. The van der Waals surface area contributed by atoms with E-state index < -0.39 is 10.0 Å². The summed E-state index contributed by atoms with van der Waals surface area (Å²) in [7, 11) is -3.46. The van der Waals surface area contributed by atoms with Crippen molar-refractivity contribution >= 4 is 10.0 Å². The summed E-state index contributed by atoms with van der Waals surface area (Å²) in [5.41, 5.74) is 1.16. The molecule has 2 aliphatic rings. The number of benzene rings is 1. The molecular formula is C19H30N2O3S. The minimum absolute atomic E-state index is 0.00450. The van der Waals surface area contributed by atoms with Gasteiger partial charge in [-0.3, -0.25) is 4.90 Å². The zero-order valence-corrected chi connectivity index (χ0v) is 16.3. The first-order valence-electron chi connectivity index (χ1n) is 9.20. The molecule has 2 fully saturated rings. The Labute approximate surface area is 151 Å². The summed E-state index contributed by atoms with van der Waals surface area (Å²) in [6.45, 7) is 9.76. The fraction of sp³-hybridized carbons (Fsp3) is 0.684. The van der Waals surface area contributed by atoms with Crippen LogP contribution in [0.3, 0.4) is 0 Å².